The molecule has 0 aromatic carbocycles. The van der Waals surface area contributed by atoms with Crippen molar-refractivity contribution in [1.29, 1.82) is 0 Å². The maximum absolute atomic E-state index is 5.33. The Bertz CT molecular complexity index is 190. The van der Waals surface area contributed by atoms with E-state index in [9.17, 15) is 0 Å². The molecule has 0 fully saturated rings. The van der Waals surface area contributed by atoms with Crippen LogP contribution in [0.15, 0.2) is 0 Å². The molecule has 0 bridgehead atoms. The molecule has 0 aromatic heterocycles. The van der Waals surface area contributed by atoms with E-state index in [1.54, 1.807) is 0 Å². The number of terminal acetylenes is 1. The van der Waals surface area contributed by atoms with Crippen LogP contribution in [0.3, 0.4) is 0 Å². The molecule has 0 saturated carbocycles. The summed E-state index contributed by atoms with van der Waals surface area (Å²) in [5.41, 5.74) is 0.453. The highest BCUT2D eigenvalue weighted by atomic mass is 15.0. The summed E-state index contributed by atoms with van der Waals surface area (Å²) in [6.07, 6.45) is 6.45. The monoisotopic (exact) mass is 181 g/mol. The quantitative estimate of drug-likeness (QED) is 0.660. The summed E-state index contributed by atoms with van der Waals surface area (Å²) >= 11 is 0. The number of hydrogen-bond donors (Lipinski definition) is 1. The van der Waals surface area contributed by atoms with Crippen molar-refractivity contribution in [3.63, 3.8) is 0 Å². The van der Waals surface area contributed by atoms with E-state index in [2.05, 4.69) is 45.9 Å². The van der Waals surface area contributed by atoms with Crippen LogP contribution >= 0.6 is 0 Å². The molecular formula is C12H23N. The van der Waals surface area contributed by atoms with Gasteiger partial charge in [0.25, 0.3) is 0 Å². The highest BCUT2D eigenvalue weighted by Gasteiger charge is 2.25. The molecule has 0 rings (SSSR count). The largest absolute Gasteiger partial charge is 0.299 e. The summed E-state index contributed by atoms with van der Waals surface area (Å²) in [5, 5.41) is 3.43. The van der Waals surface area contributed by atoms with Crippen LogP contribution in [-0.2, 0) is 0 Å². The van der Waals surface area contributed by atoms with Crippen LogP contribution in [0.1, 0.15) is 48.0 Å². The smallest absolute Gasteiger partial charge is 0.0662 e. The van der Waals surface area contributed by atoms with Crippen LogP contribution < -0.4 is 5.32 Å². The van der Waals surface area contributed by atoms with Crippen LogP contribution in [0.4, 0.5) is 0 Å². The van der Waals surface area contributed by atoms with E-state index in [-0.39, 0.29) is 11.6 Å². The zero-order valence-electron chi connectivity index (χ0n) is 9.86. The van der Waals surface area contributed by atoms with E-state index in [1.807, 2.05) is 6.92 Å². The number of rotatable bonds is 3. The minimum Gasteiger partial charge on any atom is -0.299 e. The molecule has 1 heteroatoms. The first-order valence-corrected chi connectivity index (χ1v) is 4.90. The Morgan fingerprint density at radius 1 is 1.23 bits per heavy atom. The summed E-state index contributed by atoms with van der Waals surface area (Å²) in [7, 11) is 0. The van der Waals surface area contributed by atoms with Crippen molar-refractivity contribution in [2.75, 3.05) is 0 Å². The van der Waals surface area contributed by atoms with Crippen LogP contribution in [0, 0.1) is 17.8 Å². The molecule has 1 N–H and O–H groups in total. The normalized spacial score (nSPS) is 15.2. The Morgan fingerprint density at radius 3 is 2.00 bits per heavy atom. The van der Waals surface area contributed by atoms with Crippen molar-refractivity contribution in [1.82, 2.24) is 5.32 Å². The topological polar surface area (TPSA) is 12.0 Å². The van der Waals surface area contributed by atoms with Gasteiger partial charge in [-0.05, 0) is 32.6 Å². The van der Waals surface area contributed by atoms with E-state index in [4.69, 9.17) is 6.42 Å². The van der Waals surface area contributed by atoms with Crippen LogP contribution in [0.5, 0.6) is 0 Å². The minimum atomic E-state index is 0.115. The maximum atomic E-state index is 5.33. The third-order valence-corrected chi connectivity index (χ3v) is 1.83. The molecule has 0 aromatic rings. The van der Waals surface area contributed by atoms with Gasteiger partial charge in [-0.25, -0.2) is 0 Å². The van der Waals surface area contributed by atoms with Crippen molar-refractivity contribution in [3.8, 4) is 12.3 Å². The van der Waals surface area contributed by atoms with Crippen molar-refractivity contribution >= 4 is 0 Å². The van der Waals surface area contributed by atoms with E-state index in [0.29, 0.717) is 5.41 Å². The zero-order chi connectivity index (χ0) is 10.7. The van der Waals surface area contributed by atoms with Gasteiger partial charge in [0.05, 0.1) is 6.04 Å². The first kappa shape index (κ1) is 12.5. The van der Waals surface area contributed by atoms with Gasteiger partial charge in [0.2, 0.25) is 0 Å². The Balaban J connectivity index is 4.18. The molecule has 0 radical (unpaired) electrons. The van der Waals surface area contributed by atoms with Gasteiger partial charge >= 0.3 is 0 Å². The summed E-state index contributed by atoms with van der Waals surface area (Å²) in [5.74, 6) is 2.70. The van der Waals surface area contributed by atoms with Crippen LogP contribution in [-0.4, -0.2) is 11.6 Å². The second kappa shape index (κ2) is 4.15. The summed E-state index contributed by atoms with van der Waals surface area (Å²) in [4.78, 5) is 0. The molecule has 13 heavy (non-hydrogen) atoms. The van der Waals surface area contributed by atoms with Gasteiger partial charge in [0, 0.05) is 5.54 Å². The number of hydrogen-bond acceptors (Lipinski definition) is 1. The average Bonchev–Trinajstić information content (AvgIpc) is 1.80. The summed E-state index contributed by atoms with van der Waals surface area (Å²) in [6.45, 7) is 13.2. The highest BCUT2D eigenvalue weighted by molar-refractivity contribution is 4.99. The van der Waals surface area contributed by atoms with Crippen molar-refractivity contribution in [2.45, 2.75) is 59.5 Å². The molecular weight excluding hydrogens is 158 g/mol. The molecule has 0 aliphatic heterocycles. The third-order valence-electron chi connectivity index (χ3n) is 1.83. The fourth-order valence-corrected chi connectivity index (χ4v) is 2.00. The van der Waals surface area contributed by atoms with E-state index < -0.39 is 0 Å². The van der Waals surface area contributed by atoms with Gasteiger partial charge in [-0.2, -0.15) is 0 Å². The molecule has 1 nitrogen and oxygen atoms in total. The van der Waals surface area contributed by atoms with Crippen molar-refractivity contribution < 1.29 is 0 Å². The predicted molar refractivity (Wildman–Crippen MR) is 59.6 cm³/mol. The first-order valence-electron chi connectivity index (χ1n) is 4.90. The lowest BCUT2D eigenvalue weighted by Crippen LogP contribution is -2.46. The summed E-state index contributed by atoms with van der Waals surface area (Å²) in [6, 6.07) is 0.150. The van der Waals surface area contributed by atoms with Crippen LogP contribution in [0.25, 0.3) is 0 Å². The molecule has 0 spiro atoms. The Hall–Kier alpha value is -0.480. The Labute approximate surface area is 83.3 Å². The van der Waals surface area contributed by atoms with E-state index in [0.717, 1.165) is 6.42 Å². The lowest BCUT2D eigenvalue weighted by molar-refractivity contribution is 0.236. The molecule has 0 saturated heterocycles. The highest BCUT2D eigenvalue weighted by Crippen LogP contribution is 2.26. The fourth-order valence-electron chi connectivity index (χ4n) is 2.00. The van der Waals surface area contributed by atoms with Gasteiger partial charge < -0.3 is 0 Å². The SMILES string of the molecule is C#CC(C)NC(C)(C)CC(C)(C)C. The predicted octanol–water partition coefficient (Wildman–Crippen LogP) is 2.81. The van der Waals surface area contributed by atoms with Gasteiger partial charge in [-0.15, -0.1) is 6.42 Å². The second-order valence-electron chi connectivity index (χ2n) is 5.65. The van der Waals surface area contributed by atoms with Crippen LogP contribution in [0.2, 0.25) is 0 Å². The van der Waals surface area contributed by atoms with Gasteiger partial charge in [0.1, 0.15) is 0 Å². The second-order valence-corrected chi connectivity index (χ2v) is 5.65. The third kappa shape index (κ3) is 6.66. The van der Waals surface area contributed by atoms with Gasteiger partial charge in [0.15, 0.2) is 0 Å². The lowest BCUT2D eigenvalue weighted by atomic mass is 9.81. The van der Waals surface area contributed by atoms with E-state index >= 15 is 0 Å². The first-order chi connectivity index (χ1) is 5.66. The average molecular weight is 181 g/mol. The zero-order valence-corrected chi connectivity index (χ0v) is 9.86. The molecule has 1 atom stereocenters. The molecule has 0 aliphatic carbocycles. The molecule has 1 unspecified atom stereocenters. The standard InChI is InChI=1S/C12H23N/c1-8-10(2)13-12(6,7)9-11(3,4)5/h1,10,13H,9H2,2-7H3. The van der Waals surface area contributed by atoms with Crippen molar-refractivity contribution in [3.05, 3.63) is 0 Å². The Kier molecular flexibility index (Phi) is 4.00. The molecule has 0 aliphatic rings. The summed E-state index contributed by atoms with van der Waals surface area (Å²) < 4.78 is 0. The Morgan fingerprint density at radius 2 is 1.69 bits per heavy atom. The molecule has 0 heterocycles. The maximum Gasteiger partial charge on any atom is 0.0662 e. The number of nitrogens with one attached hydrogen (secondary N) is 1. The molecule has 76 valence electrons. The van der Waals surface area contributed by atoms with Crippen molar-refractivity contribution in [2.24, 2.45) is 5.41 Å². The minimum absolute atomic E-state index is 0.115. The fraction of sp³-hybridized carbons (Fsp3) is 0.833. The van der Waals surface area contributed by atoms with Gasteiger partial charge in [-0.1, -0.05) is 26.7 Å². The van der Waals surface area contributed by atoms with Gasteiger partial charge in [-0.3, -0.25) is 5.32 Å². The van der Waals surface area contributed by atoms with E-state index in [1.165, 1.54) is 0 Å². The molecule has 0 amide bonds. The lowest BCUT2D eigenvalue weighted by Gasteiger charge is -2.34.